The average molecular weight is 386 g/mol. The summed E-state index contributed by atoms with van der Waals surface area (Å²) in [5.41, 5.74) is 0. The van der Waals surface area contributed by atoms with E-state index in [1.165, 1.54) is 16.8 Å². The fourth-order valence-electron chi connectivity index (χ4n) is 3.42. The van der Waals surface area contributed by atoms with Gasteiger partial charge in [-0.05, 0) is 31.0 Å². The topological polar surface area (TPSA) is 69.7 Å². The van der Waals surface area contributed by atoms with E-state index in [-0.39, 0.29) is 17.0 Å². The van der Waals surface area contributed by atoms with Crippen molar-refractivity contribution in [2.75, 3.05) is 26.2 Å². The number of rotatable bonds is 3. The summed E-state index contributed by atoms with van der Waals surface area (Å²) in [5, 5.41) is 3.48. The lowest BCUT2D eigenvalue weighted by Crippen LogP contribution is -2.54. The molecule has 2 aliphatic rings. The Morgan fingerprint density at radius 1 is 1.08 bits per heavy atom. The Hall–Kier alpha value is -1.31. The summed E-state index contributed by atoms with van der Waals surface area (Å²) in [6.45, 7) is 1.40. The molecule has 0 spiro atoms. The number of carbonyl (C=O) groups is 1. The number of halogens is 1. The maximum absolute atomic E-state index is 12.7. The minimum Gasteiger partial charge on any atom is -0.335 e. The summed E-state index contributed by atoms with van der Waals surface area (Å²) in [6.07, 6.45) is 5.64. The number of carbonyl (C=O) groups excluding carboxylic acids is 1. The smallest absolute Gasteiger partial charge is 0.317 e. The lowest BCUT2D eigenvalue weighted by Gasteiger charge is -2.35. The number of nitrogens with zero attached hydrogens (tertiary/aromatic N) is 2. The second-order valence-corrected chi connectivity index (χ2v) is 9.01. The Morgan fingerprint density at radius 3 is 2.40 bits per heavy atom. The Kier molecular flexibility index (Phi) is 5.86. The van der Waals surface area contributed by atoms with E-state index in [4.69, 9.17) is 11.6 Å². The fourth-order valence-corrected chi connectivity index (χ4v) is 5.14. The van der Waals surface area contributed by atoms with Crippen LogP contribution in [0.4, 0.5) is 4.79 Å². The van der Waals surface area contributed by atoms with E-state index in [1.54, 1.807) is 23.1 Å². The van der Waals surface area contributed by atoms with Gasteiger partial charge >= 0.3 is 6.03 Å². The molecule has 2 amide bonds. The second-order valence-electron chi connectivity index (χ2n) is 6.63. The highest BCUT2D eigenvalue weighted by Crippen LogP contribution is 2.21. The van der Waals surface area contributed by atoms with Crippen LogP contribution in [0, 0.1) is 0 Å². The van der Waals surface area contributed by atoms with E-state index in [0.717, 1.165) is 25.7 Å². The minimum absolute atomic E-state index is 0.0771. The summed E-state index contributed by atoms with van der Waals surface area (Å²) in [4.78, 5) is 14.3. The van der Waals surface area contributed by atoms with Crippen LogP contribution in [0.15, 0.2) is 29.2 Å². The Balaban J connectivity index is 1.56. The van der Waals surface area contributed by atoms with E-state index in [9.17, 15) is 13.2 Å². The van der Waals surface area contributed by atoms with Crippen molar-refractivity contribution in [3.8, 4) is 0 Å². The van der Waals surface area contributed by atoms with Gasteiger partial charge in [-0.25, -0.2) is 13.2 Å². The van der Waals surface area contributed by atoms with Crippen LogP contribution in [0.3, 0.4) is 0 Å². The molecule has 138 valence electrons. The zero-order valence-electron chi connectivity index (χ0n) is 14.2. The van der Waals surface area contributed by atoms with E-state index in [1.807, 2.05) is 0 Å². The summed E-state index contributed by atoms with van der Waals surface area (Å²) in [6, 6.07) is 6.46. The molecule has 25 heavy (non-hydrogen) atoms. The quantitative estimate of drug-likeness (QED) is 0.869. The summed E-state index contributed by atoms with van der Waals surface area (Å²) >= 11 is 5.90. The normalized spacial score (nSPS) is 20.4. The third-order valence-corrected chi connectivity index (χ3v) is 7.02. The predicted molar refractivity (Wildman–Crippen MR) is 97.2 cm³/mol. The summed E-state index contributed by atoms with van der Waals surface area (Å²) in [5.74, 6) is 0. The van der Waals surface area contributed by atoms with Gasteiger partial charge in [0, 0.05) is 37.2 Å². The number of benzene rings is 1. The molecule has 0 atom stereocenters. The molecule has 8 heteroatoms. The van der Waals surface area contributed by atoms with Crippen molar-refractivity contribution in [2.24, 2.45) is 0 Å². The first-order chi connectivity index (χ1) is 12.0. The molecular weight excluding hydrogens is 362 g/mol. The van der Waals surface area contributed by atoms with Gasteiger partial charge in [0.05, 0.1) is 4.90 Å². The zero-order chi connectivity index (χ0) is 17.9. The van der Waals surface area contributed by atoms with Crippen molar-refractivity contribution < 1.29 is 13.2 Å². The molecule has 1 aliphatic carbocycles. The molecule has 0 bridgehead atoms. The van der Waals surface area contributed by atoms with Crippen LogP contribution in [0.25, 0.3) is 0 Å². The standard InChI is InChI=1S/C17H24ClN3O3S/c18-14-5-4-8-16(13-14)25(23,24)21-11-9-20(10-12-21)17(22)19-15-6-2-1-3-7-15/h4-5,8,13,15H,1-3,6-7,9-12H2,(H,19,22). The highest BCUT2D eigenvalue weighted by Gasteiger charge is 2.30. The van der Waals surface area contributed by atoms with E-state index in [0.29, 0.717) is 31.2 Å². The van der Waals surface area contributed by atoms with Gasteiger partial charge in [0.25, 0.3) is 0 Å². The van der Waals surface area contributed by atoms with Crippen LogP contribution in [0.5, 0.6) is 0 Å². The highest BCUT2D eigenvalue weighted by molar-refractivity contribution is 7.89. The number of sulfonamides is 1. The molecule has 0 radical (unpaired) electrons. The van der Waals surface area contributed by atoms with Gasteiger partial charge in [-0.1, -0.05) is 36.9 Å². The molecule has 1 saturated heterocycles. The SMILES string of the molecule is O=C(NC1CCCCC1)N1CCN(S(=O)(=O)c2cccc(Cl)c2)CC1. The van der Waals surface area contributed by atoms with Crippen LogP contribution in [-0.4, -0.2) is 55.9 Å². The number of hydrogen-bond donors (Lipinski definition) is 1. The van der Waals surface area contributed by atoms with Gasteiger partial charge in [-0.15, -0.1) is 0 Å². The molecule has 1 N–H and O–H groups in total. The summed E-state index contributed by atoms with van der Waals surface area (Å²) in [7, 11) is -3.57. The van der Waals surface area contributed by atoms with Gasteiger partial charge < -0.3 is 10.2 Å². The molecule has 6 nitrogen and oxygen atoms in total. The van der Waals surface area contributed by atoms with Crippen LogP contribution in [0.2, 0.25) is 5.02 Å². The largest absolute Gasteiger partial charge is 0.335 e. The third-order valence-electron chi connectivity index (χ3n) is 4.89. The molecule has 2 fully saturated rings. The summed E-state index contributed by atoms with van der Waals surface area (Å²) < 4.78 is 26.8. The first-order valence-electron chi connectivity index (χ1n) is 8.78. The Morgan fingerprint density at radius 2 is 1.76 bits per heavy atom. The van der Waals surface area contributed by atoms with Crippen molar-refractivity contribution in [1.82, 2.24) is 14.5 Å². The van der Waals surface area contributed by atoms with Gasteiger partial charge in [-0.3, -0.25) is 0 Å². The molecular formula is C17H24ClN3O3S. The van der Waals surface area contributed by atoms with E-state index in [2.05, 4.69) is 5.32 Å². The molecule has 1 aliphatic heterocycles. The molecule has 1 heterocycles. The fraction of sp³-hybridized carbons (Fsp3) is 0.588. The van der Waals surface area contributed by atoms with Crippen LogP contribution < -0.4 is 5.32 Å². The van der Waals surface area contributed by atoms with Crippen molar-refractivity contribution in [1.29, 1.82) is 0 Å². The minimum atomic E-state index is -3.57. The molecule has 1 saturated carbocycles. The number of piperazine rings is 1. The Labute approximate surface area is 154 Å². The third kappa shape index (κ3) is 4.46. The van der Waals surface area contributed by atoms with Crippen LogP contribution >= 0.6 is 11.6 Å². The molecule has 0 unspecified atom stereocenters. The molecule has 3 rings (SSSR count). The maximum Gasteiger partial charge on any atom is 0.317 e. The Bertz CT molecular complexity index is 712. The number of urea groups is 1. The lowest BCUT2D eigenvalue weighted by molar-refractivity contribution is 0.166. The van der Waals surface area contributed by atoms with Crippen molar-refractivity contribution in [3.63, 3.8) is 0 Å². The highest BCUT2D eigenvalue weighted by atomic mass is 35.5. The van der Waals surface area contributed by atoms with Gasteiger partial charge in [-0.2, -0.15) is 4.31 Å². The van der Waals surface area contributed by atoms with E-state index >= 15 is 0 Å². The van der Waals surface area contributed by atoms with Gasteiger partial charge in [0.2, 0.25) is 10.0 Å². The molecule has 0 aromatic heterocycles. The zero-order valence-corrected chi connectivity index (χ0v) is 15.7. The first kappa shape index (κ1) is 18.5. The van der Waals surface area contributed by atoms with Crippen molar-refractivity contribution >= 4 is 27.7 Å². The van der Waals surface area contributed by atoms with Crippen molar-refractivity contribution in [2.45, 2.75) is 43.0 Å². The maximum atomic E-state index is 12.7. The van der Waals surface area contributed by atoms with E-state index < -0.39 is 10.0 Å². The monoisotopic (exact) mass is 385 g/mol. The molecule has 1 aromatic rings. The first-order valence-corrected chi connectivity index (χ1v) is 10.6. The van der Waals surface area contributed by atoms with Crippen molar-refractivity contribution in [3.05, 3.63) is 29.3 Å². The average Bonchev–Trinajstić information content (AvgIpc) is 2.62. The number of nitrogens with one attached hydrogen (secondary N) is 1. The lowest BCUT2D eigenvalue weighted by atomic mass is 9.96. The molecule has 1 aromatic carbocycles. The predicted octanol–water partition coefficient (Wildman–Crippen LogP) is 2.69. The van der Waals surface area contributed by atoms with Crippen LogP contribution in [-0.2, 0) is 10.0 Å². The van der Waals surface area contributed by atoms with Gasteiger partial charge in [0.15, 0.2) is 0 Å². The number of hydrogen-bond acceptors (Lipinski definition) is 3. The van der Waals surface area contributed by atoms with Crippen LogP contribution in [0.1, 0.15) is 32.1 Å². The van der Waals surface area contributed by atoms with Gasteiger partial charge in [0.1, 0.15) is 0 Å². The number of amides is 2. The second kappa shape index (κ2) is 7.93.